The molecule has 5 nitrogen and oxygen atoms in total. The van der Waals surface area contributed by atoms with E-state index in [2.05, 4.69) is 10.6 Å². The Morgan fingerprint density at radius 3 is 2.85 bits per heavy atom. The number of hydrogen-bond acceptors (Lipinski definition) is 4. The first-order valence-corrected chi connectivity index (χ1v) is 8.51. The summed E-state index contributed by atoms with van der Waals surface area (Å²) in [7, 11) is 0. The van der Waals surface area contributed by atoms with Crippen molar-refractivity contribution in [3.05, 3.63) is 71.8 Å². The Bertz CT molecular complexity index is 828. The second-order valence-electron chi connectivity index (χ2n) is 5.89. The van der Waals surface area contributed by atoms with Crippen molar-refractivity contribution in [3.8, 4) is 11.5 Å². The van der Waals surface area contributed by atoms with Gasteiger partial charge in [0.05, 0.1) is 6.54 Å². The van der Waals surface area contributed by atoms with Crippen LogP contribution in [0.25, 0.3) is 6.08 Å². The van der Waals surface area contributed by atoms with E-state index in [0.29, 0.717) is 6.54 Å². The van der Waals surface area contributed by atoms with Gasteiger partial charge in [-0.2, -0.15) is 0 Å². The smallest absolute Gasteiger partial charge is 0.238 e. The highest BCUT2D eigenvalue weighted by molar-refractivity contribution is 5.92. The topological polar surface area (TPSA) is 59.6 Å². The fourth-order valence-corrected chi connectivity index (χ4v) is 2.51. The van der Waals surface area contributed by atoms with Crippen LogP contribution in [0.15, 0.2) is 60.7 Å². The summed E-state index contributed by atoms with van der Waals surface area (Å²) in [6.07, 6.45) is 7.84. The molecule has 5 heteroatoms. The van der Waals surface area contributed by atoms with Crippen LogP contribution < -0.4 is 20.1 Å². The summed E-state index contributed by atoms with van der Waals surface area (Å²) in [5.41, 5.74) is 2.94. The van der Waals surface area contributed by atoms with Crippen LogP contribution in [-0.2, 0) is 4.79 Å². The predicted octanol–water partition coefficient (Wildman–Crippen LogP) is 3.52. The van der Waals surface area contributed by atoms with E-state index >= 15 is 0 Å². The second-order valence-corrected chi connectivity index (χ2v) is 5.89. The molecule has 0 fully saturated rings. The maximum atomic E-state index is 11.9. The van der Waals surface area contributed by atoms with Gasteiger partial charge in [-0.15, -0.1) is 0 Å². The standard InChI is InChI=1S/C21H22N2O3/c1-16-7-4-5-9-18(16)23-21(24)14-22-12-6-2-3-8-17-10-11-19-20(13-17)26-15-25-19/h2-11,13,22H,12,14-15H2,1H3,(H,23,24)/b6-2+,8-3+. The molecule has 1 aliphatic heterocycles. The Kier molecular flexibility index (Phi) is 6.06. The lowest BCUT2D eigenvalue weighted by Gasteiger charge is -2.07. The molecule has 0 saturated heterocycles. The first-order chi connectivity index (χ1) is 12.7. The molecule has 1 aliphatic rings. The van der Waals surface area contributed by atoms with Crippen LogP contribution in [-0.4, -0.2) is 25.8 Å². The van der Waals surface area contributed by atoms with E-state index < -0.39 is 0 Å². The Labute approximate surface area is 153 Å². The van der Waals surface area contributed by atoms with E-state index in [0.717, 1.165) is 28.3 Å². The number of hydrogen-bond donors (Lipinski definition) is 2. The van der Waals surface area contributed by atoms with Crippen molar-refractivity contribution >= 4 is 17.7 Å². The molecule has 0 saturated carbocycles. The van der Waals surface area contributed by atoms with Gasteiger partial charge in [0.2, 0.25) is 12.7 Å². The number of anilines is 1. The number of nitrogens with one attached hydrogen (secondary N) is 2. The van der Waals surface area contributed by atoms with E-state index in [-0.39, 0.29) is 19.2 Å². The number of allylic oxidation sites excluding steroid dienone is 2. The average molecular weight is 350 g/mol. The summed E-state index contributed by atoms with van der Waals surface area (Å²) in [6, 6.07) is 13.6. The maximum absolute atomic E-state index is 11.9. The molecule has 134 valence electrons. The molecule has 2 N–H and O–H groups in total. The van der Waals surface area contributed by atoms with Crippen molar-refractivity contribution < 1.29 is 14.3 Å². The van der Waals surface area contributed by atoms with Gasteiger partial charge in [-0.25, -0.2) is 0 Å². The molecule has 2 aromatic rings. The normalized spacial score (nSPS) is 12.8. The zero-order valence-corrected chi connectivity index (χ0v) is 14.7. The molecule has 0 spiro atoms. The molecule has 3 rings (SSSR count). The quantitative estimate of drug-likeness (QED) is 0.592. The molecular weight excluding hydrogens is 328 g/mol. The monoisotopic (exact) mass is 350 g/mol. The fraction of sp³-hybridized carbons (Fsp3) is 0.190. The first kappa shape index (κ1) is 17.8. The average Bonchev–Trinajstić information content (AvgIpc) is 3.10. The third kappa shape index (κ3) is 4.97. The summed E-state index contributed by atoms with van der Waals surface area (Å²) in [5, 5.41) is 5.98. The van der Waals surface area contributed by atoms with Gasteiger partial charge in [0.25, 0.3) is 0 Å². The highest BCUT2D eigenvalue weighted by Gasteiger charge is 2.11. The largest absolute Gasteiger partial charge is 0.454 e. The van der Waals surface area contributed by atoms with Crippen molar-refractivity contribution in [1.29, 1.82) is 0 Å². The molecular formula is C21H22N2O3. The van der Waals surface area contributed by atoms with Gasteiger partial charge in [0.1, 0.15) is 0 Å². The predicted molar refractivity (Wildman–Crippen MR) is 103 cm³/mol. The number of benzene rings is 2. The lowest BCUT2D eigenvalue weighted by atomic mass is 10.2. The number of amides is 1. The first-order valence-electron chi connectivity index (χ1n) is 8.51. The fourth-order valence-electron chi connectivity index (χ4n) is 2.51. The van der Waals surface area contributed by atoms with E-state index in [1.165, 1.54) is 0 Å². The molecule has 1 amide bonds. The van der Waals surface area contributed by atoms with Crippen LogP contribution in [0.5, 0.6) is 11.5 Å². The molecule has 2 aromatic carbocycles. The Hall–Kier alpha value is -3.05. The molecule has 26 heavy (non-hydrogen) atoms. The molecule has 0 atom stereocenters. The lowest BCUT2D eigenvalue weighted by Crippen LogP contribution is -2.28. The summed E-state index contributed by atoms with van der Waals surface area (Å²) < 4.78 is 10.6. The van der Waals surface area contributed by atoms with Crippen LogP contribution in [0.1, 0.15) is 11.1 Å². The molecule has 1 heterocycles. The number of ether oxygens (including phenoxy) is 2. The molecule has 0 unspecified atom stereocenters. The van der Waals surface area contributed by atoms with Gasteiger partial charge in [-0.1, -0.05) is 48.6 Å². The second kappa shape index (κ2) is 8.87. The minimum Gasteiger partial charge on any atom is -0.454 e. The summed E-state index contributed by atoms with van der Waals surface area (Å²) in [5.74, 6) is 1.51. The highest BCUT2D eigenvalue weighted by Crippen LogP contribution is 2.32. The van der Waals surface area contributed by atoms with Crippen LogP contribution in [0.4, 0.5) is 5.69 Å². The molecule has 0 radical (unpaired) electrons. The van der Waals surface area contributed by atoms with Gasteiger partial charge in [0.15, 0.2) is 11.5 Å². The van der Waals surface area contributed by atoms with Crippen molar-refractivity contribution in [2.75, 3.05) is 25.2 Å². The lowest BCUT2D eigenvalue weighted by molar-refractivity contribution is -0.115. The summed E-state index contributed by atoms with van der Waals surface area (Å²) in [6.45, 7) is 3.14. The highest BCUT2D eigenvalue weighted by atomic mass is 16.7. The molecule has 0 aromatic heterocycles. The minimum atomic E-state index is -0.0522. The van der Waals surface area contributed by atoms with E-state index in [1.54, 1.807) is 0 Å². The number of rotatable bonds is 7. The number of carbonyl (C=O) groups excluding carboxylic acids is 1. The summed E-state index contributed by atoms with van der Waals surface area (Å²) in [4.78, 5) is 11.9. The van der Waals surface area contributed by atoms with Crippen molar-refractivity contribution in [3.63, 3.8) is 0 Å². The van der Waals surface area contributed by atoms with Gasteiger partial charge < -0.3 is 20.1 Å². The molecule has 0 bridgehead atoms. The van der Waals surface area contributed by atoms with Gasteiger partial charge in [-0.05, 0) is 36.2 Å². The summed E-state index contributed by atoms with van der Waals surface area (Å²) >= 11 is 0. The van der Waals surface area contributed by atoms with Crippen LogP contribution >= 0.6 is 0 Å². The van der Waals surface area contributed by atoms with E-state index in [9.17, 15) is 4.79 Å². The van der Waals surface area contributed by atoms with Crippen LogP contribution in [0, 0.1) is 6.92 Å². The number of fused-ring (bicyclic) bond motifs is 1. The third-order valence-electron chi connectivity index (χ3n) is 3.90. The van der Waals surface area contributed by atoms with Crippen molar-refractivity contribution in [2.24, 2.45) is 0 Å². The van der Waals surface area contributed by atoms with E-state index in [4.69, 9.17) is 9.47 Å². The van der Waals surface area contributed by atoms with Gasteiger partial charge in [0, 0.05) is 12.2 Å². The van der Waals surface area contributed by atoms with Gasteiger partial charge in [-0.3, -0.25) is 4.79 Å². The van der Waals surface area contributed by atoms with Gasteiger partial charge >= 0.3 is 0 Å². The molecule has 0 aliphatic carbocycles. The Morgan fingerprint density at radius 1 is 1.12 bits per heavy atom. The maximum Gasteiger partial charge on any atom is 0.238 e. The number of para-hydroxylation sites is 1. The van der Waals surface area contributed by atoms with Crippen LogP contribution in [0.3, 0.4) is 0 Å². The Balaban J connectivity index is 1.37. The van der Waals surface area contributed by atoms with Crippen molar-refractivity contribution in [1.82, 2.24) is 5.32 Å². The van der Waals surface area contributed by atoms with Crippen molar-refractivity contribution in [2.45, 2.75) is 6.92 Å². The Morgan fingerprint density at radius 2 is 1.96 bits per heavy atom. The SMILES string of the molecule is Cc1ccccc1NC(=O)CNC/C=C/C=C/c1ccc2c(c1)OCO2. The zero-order chi connectivity index (χ0) is 18.2. The van der Waals surface area contributed by atoms with E-state index in [1.807, 2.05) is 73.7 Å². The minimum absolute atomic E-state index is 0.0522. The number of aryl methyl sites for hydroxylation is 1. The number of carbonyl (C=O) groups is 1. The third-order valence-corrected chi connectivity index (χ3v) is 3.90. The zero-order valence-electron chi connectivity index (χ0n) is 14.7. The van der Waals surface area contributed by atoms with Crippen LogP contribution in [0.2, 0.25) is 0 Å².